The number of nitrogens with zero attached hydrogens (tertiary/aromatic N) is 1. The van der Waals surface area contributed by atoms with Crippen LogP contribution in [0.3, 0.4) is 0 Å². The molecule has 0 radical (unpaired) electrons. The molecule has 1 unspecified atom stereocenters. The van der Waals surface area contributed by atoms with Crippen molar-refractivity contribution in [1.82, 2.24) is 4.98 Å². The van der Waals surface area contributed by atoms with Gasteiger partial charge in [-0.3, -0.25) is 4.98 Å². The summed E-state index contributed by atoms with van der Waals surface area (Å²) in [5.74, 6) is 0. The van der Waals surface area contributed by atoms with Crippen LogP contribution in [0, 0.1) is 0 Å². The normalized spacial score (nSPS) is 27.2. The van der Waals surface area contributed by atoms with Crippen molar-refractivity contribution in [3.05, 3.63) is 29.6 Å². The molecule has 1 heterocycles. The number of aliphatic hydroxyl groups is 1. The molecule has 12 heavy (non-hydrogen) atoms. The third kappa shape index (κ3) is 0.940. The van der Waals surface area contributed by atoms with E-state index in [4.69, 9.17) is 5.73 Å². The number of hydrogen-bond acceptors (Lipinski definition) is 3. The number of hydrogen-bond donors (Lipinski definition) is 2. The third-order valence-electron chi connectivity index (χ3n) is 2.50. The molecule has 0 fully saturated rings. The van der Waals surface area contributed by atoms with Gasteiger partial charge in [0.15, 0.2) is 0 Å². The van der Waals surface area contributed by atoms with Crippen molar-refractivity contribution >= 4 is 0 Å². The molecular weight excluding hydrogens is 152 g/mol. The molecule has 3 heteroatoms. The van der Waals surface area contributed by atoms with E-state index >= 15 is 0 Å². The maximum Gasteiger partial charge on any atom is 0.104 e. The van der Waals surface area contributed by atoms with Gasteiger partial charge in [0, 0.05) is 24.0 Å². The zero-order valence-corrected chi connectivity index (χ0v) is 6.83. The van der Waals surface area contributed by atoms with E-state index in [-0.39, 0.29) is 6.54 Å². The van der Waals surface area contributed by atoms with Crippen LogP contribution >= 0.6 is 0 Å². The quantitative estimate of drug-likeness (QED) is 0.622. The van der Waals surface area contributed by atoms with Gasteiger partial charge in [0.2, 0.25) is 0 Å². The lowest BCUT2D eigenvalue weighted by molar-refractivity contribution is 0.0481. The van der Waals surface area contributed by atoms with Crippen molar-refractivity contribution in [3.8, 4) is 0 Å². The van der Waals surface area contributed by atoms with Gasteiger partial charge in [-0.05, 0) is 18.9 Å². The molecule has 2 rings (SSSR count). The SMILES string of the molecule is NCC1(O)CCc2ncccc21. The van der Waals surface area contributed by atoms with Gasteiger partial charge >= 0.3 is 0 Å². The van der Waals surface area contributed by atoms with Crippen LogP contribution in [0.2, 0.25) is 0 Å². The van der Waals surface area contributed by atoms with Crippen LogP contribution in [0.1, 0.15) is 17.7 Å². The Balaban J connectivity index is 2.49. The number of aromatic nitrogens is 1. The lowest BCUT2D eigenvalue weighted by Gasteiger charge is -2.20. The zero-order chi connectivity index (χ0) is 8.60. The van der Waals surface area contributed by atoms with E-state index in [1.807, 2.05) is 12.1 Å². The van der Waals surface area contributed by atoms with Crippen molar-refractivity contribution in [1.29, 1.82) is 0 Å². The number of fused-ring (bicyclic) bond motifs is 1. The first-order valence-electron chi connectivity index (χ1n) is 4.13. The Kier molecular flexibility index (Phi) is 1.63. The van der Waals surface area contributed by atoms with Crippen LogP contribution in [0.15, 0.2) is 18.3 Å². The first-order valence-corrected chi connectivity index (χ1v) is 4.13. The maximum atomic E-state index is 9.99. The molecule has 1 aliphatic carbocycles. The summed E-state index contributed by atoms with van der Waals surface area (Å²) in [6.07, 6.45) is 3.29. The molecule has 64 valence electrons. The molecule has 1 aromatic heterocycles. The van der Waals surface area contributed by atoms with Crippen LogP contribution in [-0.4, -0.2) is 16.6 Å². The second-order valence-corrected chi connectivity index (χ2v) is 3.23. The van der Waals surface area contributed by atoms with Crippen molar-refractivity contribution in [2.45, 2.75) is 18.4 Å². The highest BCUT2D eigenvalue weighted by atomic mass is 16.3. The van der Waals surface area contributed by atoms with Crippen LogP contribution in [0.4, 0.5) is 0 Å². The van der Waals surface area contributed by atoms with E-state index in [9.17, 15) is 5.11 Å². The summed E-state index contributed by atoms with van der Waals surface area (Å²) in [7, 11) is 0. The largest absolute Gasteiger partial charge is 0.384 e. The molecule has 3 N–H and O–H groups in total. The average Bonchev–Trinajstić information content (AvgIpc) is 2.46. The van der Waals surface area contributed by atoms with Gasteiger partial charge in [-0.15, -0.1) is 0 Å². The van der Waals surface area contributed by atoms with Crippen molar-refractivity contribution < 1.29 is 5.11 Å². The van der Waals surface area contributed by atoms with E-state index in [1.165, 1.54) is 0 Å². The Bertz CT molecular complexity index is 300. The van der Waals surface area contributed by atoms with Gasteiger partial charge in [-0.1, -0.05) is 6.07 Å². The summed E-state index contributed by atoms with van der Waals surface area (Å²) in [5.41, 5.74) is 6.59. The molecule has 0 saturated carbocycles. The van der Waals surface area contributed by atoms with Crippen molar-refractivity contribution in [3.63, 3.8) is 0 Å². The predicted molar refractivity (Wildman–Crippen MR) is 45.5 cm³/mol. The second kappa shape index (κ2) is 2.54. The highest BCUT2D eigenvalue weighted by Gasteiger charge is 2.35. The Morgan fingerprint density at radius 3 is 3.25 bits per heavy atom. The topological polar surface area (TPSA) is 59.1 Å². The summed E-state index contributed by atoms with van der Waals surface area (Å²) >= 11 is 0. The van der Waals surface area contributed by atoms with Gasteiger partial charge in [0.05, 0.1) is 0 Å². The average molecular weight is 164 g/mol. The molecule has 1 atom stereocenters. The smallest absolute Gasteiger partial charge is 0.104 e. The van der Waals surface area contributed by atoms with Gasteiger partial charge in [-0.2, -0.15) is 0 Å². The lowest BCUT2D eigenvalue weighted by atomic mass is 9.98. The van der Waals surface area contributed by atoms with E-state index in [2.05, 4.69) is 4.98 Å². The molecule has 0 bridgehead atoms. The van der Waals surface area contributed by atoms with E-state index in [0.29, 0.717) is 6.42 Å². The lowest BCUT2D eigenvalue weighted by Crippen LogP contribution is -2.32. The summed E-state index contributed by atoms with van der Waals surface area (Å²) in [5, 5.41) is 9.99. The van der Waals surface area contributed by atoms with E-state index in [1.54, 1.807) is 6.20 Å². The second-order valence-electron chi connectivity index (χ2n) is 3.23. The minimum Gasteiger partial charge on any atom is -0.384 e. The first-order chi connectivity index (χ1) is 5.76. The Morgan fingerprint density at radius 2 is 2.50 bits per heavy atom. The number of rotatable bonds is 1. The highest BCUT2D eigenvalue weighted by Crippen LogP contribution is 2.34. The molecule has 3 nitrogen and oxygen atoms in total. The Morgan fingerprint density at radius 1 is 1.67 bits per heavy atom. The summed E-state index contributed by atoms with van der Waals surface area (Å²) in [6.45, 7) is 0.283. The first kappa shape index (κ1) is 7.71. The minimum absolute atomic E-state index is 0.283. The summed E-state index contributed by atoms with van der Waals surface area (Å²) < 4.78 is 0. The van der Waals surface area contributed by atoms with Gasteiger partial charge < -0.3 is 10.8 Å². The highest BCUT2D eigenvalue weighted by molar-refractivity contribution is 5.32. The minimum atomic E-state index is -0.816. The number of pyridine rings is 1. The zero-order valence-electron chi connectivity index (χ0n) is 6.83. The maximum absolute atomic E-state index is 9.99. The molecule has 0 spiro atoms. The van der Waals surface area contributed by atoms with Gasteiger partial charge in [0.1, 0.15) is 5.60 Å². The van der Waals surface area contributed by atoms with Crippen molar-refractivity contribution in [2.75, 3.05) is 6.54 Å². The van der Waals surface area contributed by atoms with Crippen LogP contribution < -0.4 is 5.73 Å². The van der Waals surface area contributed by atoms with E-state index in [0.717, 1.165) is 17.7 Å². The molecular formula is C9H12N2O. The fourth-order valence-electron chi connectivity index (χ4n) is 1.73. The fourth-order valence-corrected chi connectivity index (χ4v) is 1.73. The van der Waals surface area contributed by atoms with Gasteiger partial charge in [0.25, 0.3) is 0 Å². The van der Waals surface area contributed by atoms with Crippen LogP contribution in [0.5, 0.6) is 0 Å². The third-order valence-corrected chi connectivity index (χ3v) is 2.50. The summed E-state index contributed by atoms with van der Waals surface area (Å²) in [6, 6.07) is 3.74. The standard InChI is InChI=1S/C9H12N2O/c10-6-9(12)4-3-8-7(9)2-1-5-11-8/h1-2,5,12H,3-4,6,10H2. The summed E-state index contributed by atoms with van der Waals surface area (Å²) in [4.78, 5) is 4.19. The predicted octanol–water partition coefficient (Wildman–Crippen LogP) is 0.174. The Hall–Kier alpha value is -0.930. The Labute approximate surface area is 71.2 Å². The van der Waals surface area contributed by atoms with Crippen LogP contribution in [0.25, 0.3) is 0 Å². The molecule has 0 aromatic carbocycles. The number of aryl methyl sites for hydroxylation is 1. The molecule has 1 aliphatic rings. The molecule has 0 amide bonds. The number of nitrogens with two attached hydrogens (primary N) is 1. The molecule has 0 saturated heterocycles. The van der Waals surface area contributed by atoms with Gasteiger partial charge in [-0.25, -0.2) is 0 Å². The monoisotopic (exact) mass is 164 g/mol. The van der Waals surface area contributed by atoms with Crippen molar-refractivity contribution in [2.24, 2.45) is 5.73 Å². The molecule has 1 aromatic rings. The molecule has 0 aliphatic heterocycles. The van der Waals surface area contributed by atoms with Crippen LogP contribution in [-0.2, 0) is 12.0 Å². The van der Waals surface area contributed by atoms with E-state index < -0.39 is 5.60 Å². The fraction of sp³-hybridized carbons (Fsp3) is 0.444.